The highest BCUT2D eigenvalue weighted by molar-refractivity contribution is 6.39. The topological polar surface area (TPSA) is 273 Å². The van der Waals surface area contributed by atoms with E-state index in [9.17, 15) is 76.7 Å². The van der Waals surface area contributed by atoms with E-state index in [0.717, 1.165) is 182 Å². The highest BCUT2D eigenvalue weighted by Crippen LogP contribution is 2.66. The molecule has 0 spiro atoms. The van der Waals surface area contributed by atoms with Crippen LogP contribution in [-0.2, 0) is 57.5 Å². The first kappa shape index (κ1) is 86.5. The summed E-state index contributed by atoms with van der Waals surface area (Å²) in [6.07, 6.45) is 35.3. The zero-order valence-electron chi connectivity index (χ0n) is 81.6. The van der Waals surface area contributed by atoms with Crippen molar-refractivity contribution >= 4 is 92.5 Å². The Morgan fingerprint density at radius 1 is 0.151 bits per heavy atom. The van der Waals surface area contributed by atoms with Crippen LogP contribution in [0, 0.1) is 0 Å². The molecule has 146 heavy (non-hydrogen) atoms. The molecule has 2 aromatic rings. The van der Waals surface area contributed by atoms with Crippen LogP contribution < -0.4 is 0 Å². The normalized spacial score (nSPS) is 25.0. The lowest BCUT2D eigenvalue weighted by atomic mass is 9.81. The molecule has 0 aliphatic heterocycles. The second kappa shape index (κ2) is 29.8. The van der Waals surface area contributed by atoms with Gasteiger partial charge in [-0.2, -0.15) is 0 Å². The monoisotopic (exact) mass is 1900 g/mol. The number of Topliss-reactive ketones (excluding diaryl/α,β-unsaturated/α-hetero) is 16. The minimum Gasteiger partial charge on any atom is -0.289 e. The molecule has 2 aromatic carbocycles. The Hall–Kier alpha value is -16.2. The lowest BCUT2D eigenvalue weighted by Crippen LogP contribution is -2.22. The van der Waals surface area contributed by atoms with Crippen molar-refractivity contribution in [1.29, 1.82) is 0 Å². The van der Waals surface area contributed by atoms with Gasteiger partial charge < -0.3 is 0 Å². The van der Waals surface area contributed by atoms with E-state index in [1.807, 2.05) is 55.5 Å². The highest BCUT2D eigenvalue weighted by Gasteiger charge is 2.57. The van der Waals surface area contributed by atoms with E-state index in [1.54, 1.807) is 72.8 Å². The van der Waals surface area contributed by atoms with Crippen molar-refractivity contribution < 1.29 is 76.7 Å². The maximum Gasteiger partial charge on any atom is 0.194 e. The summed E-state index contributed by atoms with van der Waals surface area (Å²) >= 11 is 0. The minimum absolute atomic E-state index is 0.00128. The van der Waals surface area contributed by atoms with Crippen molar-refractivity contribution in [2.45, 2.75) is 197 Å². The van der Waals surface area contributed by atoms with Crippen LogP contribution in [0.2, 0.25) is 0 Å². The summed E-state index contributed by atoms with van der Waals surface area (Å²) in [5, 5.41) is 0. The van der Waals surface area contributed by atoms with Crippen LogP contribution in [0.5, 0.6) is 0 Å². The van der Waals surface area contributed by atoms with Crippen molar-refractivity contribution in [2.75, 3.05) is 0 Å². The zero-order valence-corrected chi connectivity index (χ0v) is 81.6. The number of carbonyl (C=O) groups is 16. The second-order valence-electron chi connectivity index (χ2n) is 43.9. The average Bonchev–Trinajstić information content (AvgIpc) is 1.54. The molecule has 0 unspecified atom stereocenters. The first-order valence-electron chi connectivity index (χ1n) is 51.1. The predicted molar refractivity (Wildman–Crippen MR) is 543 cm³/mol. The number of ketones is 16. The van der Waals surface area contributed by atoms with Crippen LogP contribution in [0.1, 0.15) is 238 Å². The molecular formula is C130H88O16. The average molecular weight is 1910 g/mol. The Bertz CT molecular complexity index is 9120. The van der Waals surface area contributed by atoms with Gasteiger partial charge in [-0.05, 0) is 279 Å². The number of carbonyl (C=O) groups excluding carboxylic acids is 16. The van der Waals surface area contributed by atoms with Crippen LogP contribution in [0.15, 0.2) is 456 Å². The molecule has 0 saturated heterocycles. The molecule has 0 N–H and O–H groups in total. The van der Waals surface area contributed by atoms with Crippen LogP contribution in [0.3, 0.4) is 0 Å². The molecule has 0 atom stereocenters. The van der Waals surface area contributed by atoms with Gasteiger partial charge in [-0.15, -0.1) is 0 Å². The van der Waals surface area contributed by atoms with E-state index < -0.39 is 0 Å². The Kier molecular flexibility index (Phi) is 17.6. The molecule has 16 nitrogen and oxygen atoms in total. The maximum atomic E-state index is 13.8. The lowest BCUT2D eigenvalue weighted by Gasteiger charge is -2.19. The van der Waals surface area contributed by atoms with E-state index in [0.29, 0.717) is 294 Å². The smallest absolute Gasteiger partial charge is 0.194 e. The maximum absolute atomic E-state index is 13.8. The summed E-state index contributed by atoms with van der Waals surface area (Å²) < 4.78 is 0. The Labute approximate surface area is 838 Å². The molecule has 0 saturated carbocycles. The molecule has 30 aliphatic rings. The van der Waals surface area contributed by atoms with E-state index in [2.05, 4.69) is 48.5 Å². The summed E-state index contributed by atoms with van der Waals surface area (Å²) in [5.74, 6) is -0.373. The van der Waals surface area contributed by atoms with E-state index in [4.69, 9.17) is 0 Å². The predicted octanol–water partition coefficient (Wildman–Crippen LogP) is 22.3. The molecule has 32 rings (SSSR count). The van der Waals surface area contributed by atoms with Crippen LogP contribution >= 0.6 is 0 Å². The van der Waals surface area contributed by atoms with Crippen LogP contribution in [0.4, 0.5) is 0 Å². The molecule has 0 bridgehead atoms. The molecule has 0 heterocycles. The number of fused-ring (bicyclic) bond motifs is 20. The molecule has 704 valence electrons. The summed E-state index contributed by atoms with van der Waals surface area (Å²) in [5.41, 5.74) is 53.2. The fourth-order valence-electron chi connectivity index (χ4n) is 30.2. The highest BCUT2D eigenvalue weighted by atomic mass is 16.2. The zero-order chi connectivity index (χ0) is 99.9. The first-order chi connectivity index (χ1) is 70.5. The van der Waals surface area contributed by atoms with Gasteiger partial charge in [0.15, 0.2) is 92.5 Å². The van der Waals surface area contributed by atoms with Gasteiger partial charge in [-0.1, -0.05) is 166 Å². The number of allylic oxidation sites excluding steroid dienone is 72. The molecular weight excluding hydrogens is 1820 g/mol. The summed E-state index contributed by atoms with van der Waals surface area (Å²) in [7, 11) is 0. The molecule has 0 fully saturated rings. The first-order valence-corrected chi connectivity index (χ1v) is 51.1. The van der Waals surface area contributed by atoms with Crippen molar-refractivity contribution in [1.82, 2.24) is 0 Å². The Balaban J connectivity index is 0.0000000922. The van der Waals surface area contributed by atoms with Crippen molar-refractivity contribution in [3.8, 4) is 0 Å². The Morgan fingerprint density at radius 3 is 0.685 bits per heavy atom. The van der Waals surface area contributed by atoms with Gasteiger partial charge in [-0.25, -0.2) is 0 Å². The van der Waals surface area contributed by atoms with E-state index in [-0.39, 0.29) is 92.5 Å². The van der Waals surface area contributed by atoms with Crippen molar-refractivity contribution in [2.24, 2.45) is 0 Å². The SMILES string of the molecule is CC1=C2CC3=C(C(=O)C4=C(C=CC4)C3=O)C2=C(C2=C3CC4=C(C(=O)C5=C(C=CC5)C4=O)C3=C(C)C2)C1.CC1=C2CC3=C(C(=O)C4=C(CC=C4)C3=O)C2=C(C2=C3CC4=C(C(=O)C5=C(CC=C5)C4=O)C3=C(C)C2)C1.CC1=C2CC3=C(C(=O)C4=CCC=C4C3=O)C2=C(C2=C3CC4=C(C(=O)C5=CCC=C5C4=O)C3=C(C)C2)C1.CC1=C2CC3=C(C(=O)c4ccccc4C3=O)C2=C(C2=C3CC4=C(C(=O)c5ccccc5C4=O)C3=C(C)C2)C1. The molecule has 0 aromatic heterocycles. The summed E-state index contributed by atoms with van der Waals surface area (Å²) in [4.78, 5) is 215. The van der Waals surface area contributed by atoms with Crippen molar-refractivity contribution in [3.63, 3.8) is 0 Å². The quantitative estimate of drug-likeness (QED) is 0.257. The fourth-order valence-corrected chi connectivity index (χ4v) is 30.2. The standard InChI is InChI=1S/C34H22O4.3C32H22O4/c1-15-11-23(28-21(15)13-25-30(28)34(38)20-10-6-4-8-18(20)31(25)35)22-12-16(2)27-24(22)14-26-29(27)33(37)19-9-5-3-7-17(19)32(26)36;3*1-13-9-21(26-19(13)11-23-28(26)32(36)18-8-4-6-16(18)29(23)33)20-10-14(2)25-22(20)12-24-27(25)31(35)17-7-3-5-15(17)30(24)34/h3-10H,11-14H2,1-2H3;5-8H,3-4,9-12H2,1-2H3;3-4,7-8H,5-6,9-12H2,1-2H3;3-6H,7-12H2,1-2H3. The van der Waals surface area contributed by atoms with Gasteiger partial charge in [0.05, 0.1) is 0 Å². The van der Waals surface area contributed by atoms with Gasteiger partial charge in [0.1, 0.15) is 0 Å². The third kappa shape index (κ3) is 10.9. The van der Waals surface area contributed by atoms with Gasteiger partial charge >= 0.3 is 0 Å². The van der Waals surface area contributed by atoms with Crippen LogP contribution in [0.25, 0.3) is 0 Å². The largest absolute Gasteiger partial charge is 0.289 e. The number of hydrogen-bond acceptors (Lipinski definition) is 16. The molecule has 30 aliphatic carbocycles. The van der Waals surface area contributed by atoms with Crippen molar-refractivity contribution in [3.05, 3.63) is 478 Å². The minimum atomic E-state index is -0.0782. The summed E-state index contributed by atoms with van der Waals surface area (Å²) in [6, 6.07) is 14.2. The van der Waals surface area contributed by atoms with Gasteiger partial charge in [0, 0.05) is 230 Å². The van der Waals surface area contributed by atoms with Crippen LogP contribution in [-0.4, -0.2) is 92.5 Å². The molecule has 0 radical (unpaired) electrons. The summed E-state index contributed by atoms with van der Waals surface area (Å²) in [6.45, 7) is 16.6. The fraction of sp³-hybridized carbons (Fsp3) is 0.231. The third-order valence-corrected chi connectivity index (χ3v) is 36.6. The number of rotatable bonds is 4. The van der Waals surface area contributed by atoms with Gasteiger partial charge in [-0.3, -0.25) is 76.7 Å². The third-order valence-electron chi connectivity index (χ3n) is 36.6. The molecule has 0 amide bonds. The lowest BCUT2D eigenvalue weighted by molar-refractivity contribution is -0.116. The van der Waals surface area contributed by atoms with E-state index in [1.165, 1.54) is 22.3 Å². The molecule has 16 heteroatoms. The van der Waals surface area contributed by atoms with E-state index >= 15 is 0 Å². The Morgan fingerprint density at radius 2 is 0.363 bits per heavy atom. The number of benzene rings is 2. The number of hydrogen-bond donors (Lipinski definition) is 0. The van der Waals surface area contributed by atoms with Gasteiger partial charge in [0.25, 0.3) is 0 Å². The second-order valence-corrected chi connectivity index (χ2v) is 43.9. The van der Waals surface area contributed by atoms with Gasteiger partial charge in [0.2, 0.25) is 0 Å².